The van der Waals surface area contributed by atoms with E-state index in [1.807, 2.05) is 0 Å². The van der Waals surface area contributed by atoms with Gasteiger partial charge in [0.25, 0.3) is 0 Å². The molecule has 0 bridgehead atoms. The van der Waals surface area contributed by atoms with Crippen molar-refractivity contribution in [1.82, 2.24) is 14.8 Å². The maximum Gasteiger partial charge on any atom is 0.390 e. The van der Waals surface area contributed by atoms with Gasteiger partial charge in [-0.2, -0.15) is 13.2 Å². The number of rotatable bonds is 7. The summed E-state index contributed by atoms with van der Waals surface area (Å²) in [6.07, 6.45) is -5.46. The van der Waals surface area contributed by atoms with Gasteiger partial charge in [0.1, 0.15) is 23.4 Å². The Kier molecular flexibility index (Phi) is 6.80. The van der Waals surface area contributed by atoms with Gasteiger partial charge in [-0.1, -0.05) is 6.07 Å². The average Bonchev–Trinajstić information content (AvgIpc) is 3.51. The molecule has 2 aromatic rings. The van der Waals surface area contributed by atoms with Gasteiger partial charge in [0.2, 0.25) is 5.91 Å². The Morgan fingerprint density at radius 1 is 1.22 bits per heavy atom. The van der Waals surface area contributed by atoms with Gasteiger partial charge in [0.05, 0.1) is 13.5 Å². The number of likely N-dealkylation sites (tertiary alicyclic amines) is 1. The number of nitrogens with zero attached hydrogens (tertiary/aromatic N) is 3. The van der Waals surface area contributed by atoms with Gasteiger partial charge in [-0.25, -0.2) is 13.6 Å². The van der Waals surface area contributed by atoms with Crippen molar-refractivity contribution in [1.29, 1.82) is 0 Å². The summed E-state index contributed by atoms with van der Waals surface area (Å²) in [4.78, 5) is 32.3. The predicted molar refractivity (Wildman–Crippen MR) is 118 cm³/mol. The zero-order valence-corrected chi connectivity index (χ0v) is 19.6. The summed E-state index contributed by atoms with van der Waals surface area (Å²) >= 11 is 0. The molecular weight excluding hydrogens is 487 g/mol. The Bertz CT molecular complexity index is 1150. The fourth-order valence-corrected chi connectivity index (χ4v) is 4.93. The van der Waals surface area contributed by atoms with Crippen molar-refractivity contribution in [2.24, 2.45) is 5.73 Å². The zero-order chi connectivity index (χ0) is 26.4. The number of nitrogens with two attached hydrogens (primary N) is 1. The van der Waals surface area contributed by atoms with Gasteiger partial charge in [-0.05, 0) is 25.5 Å². The lowest BCUT2D eigenvalue weighted by molar-refractivity contribution is -0.144. The molecule has 3 amide bonds. The molecule has 2 heterocycles. The van der Waals surface area contributed by atoms with E-state index in [9.17, 15) is 22.8 Å². The number of amides is 3. The highest BCUT2D eigenvalue weighted by Gasteiger charge is 2.55. The van der Waals surface area contributed by atoms with Crippen LogP contribution in [0.3, 0.4) is 0 Å². The average molecular weight is 512 g/mol. The maximum atomic E-state index is 15.0. The Labute approximate surface area is 204 Å². The number of halogens is 5. The lowest BCUT2D eigenvalue weighted by Crippen LogP contribution is -2.51. The molecule has 1 saturated carbocycles. The number of primary amides is 1. The summed E-state index contributed by atoms with van der Waals surface area (Å²) in [5.41, 5.74) is 6.53. The second-order valence-electron chi connectivity index (χ2n) is 9.06. The third kappa shape index (κ3) is 5.07. The highest BCUT2D eigenvalue weighted by atomic mass is 19.4. The normalized spacial score (nSPS) is 23.6. The van der Waals surface area contributed by atoms with Crippen molar-refractivity contribution >= 4 is 11.9 Å². The van der Waals surface area contributed by atoms with Crippen molar-refractivity contribution < 1.29 is 36.3 Å². The topological polar surface area (TPSA) is 88.8 Å². The summed E-state index contributed by atoms with van der Waals surface area (Å²) in [5.74, 6) is -4.59. The molecule has 1 aliphatic heterocycles. The summed E-state index contributed by atoms with van der Waals surface area (Å²) in [6.45, 7) is 0.662. The Hall–Kier alpha value is -3.44. The second kappa shape index (κ2) is 9.55. The van der Waals surface area contributed by atoms with Gasteiger partial charge < -0.3 is 20.3 Å². The van der Waals surface area contributed by atoms with E-state index >= 15 is 8.78 Å². The first kappa shape index (κ1) is 25.6. The van der Waals surface area contributed by atoms with E-state index in [0.29, 0.717) is 12.1 Å². The van der Waals surface area contributed by atoms with Crippen molar-refractivity contribution in [3.63, 3.8) is 0 Å². The smallest absolute Gasteiger partial charge is 0.390 e. The quantitative estimate of drug-likeness (QED) is 0.571. The van der Waals surface area contributed by atoms with Gasteiger partial charge in [-0.15, -0.1) is 0 Å². The molecule has 0 spiro atoms. The summed E-state index contributed by atoms with van der Waals surface area (Å²) in [5, 5.41) is 0. The SMILES string of the molecule is COc1cc(F)c([C@@H]2CN(CCC(F)(F)F)C(=O)[C@H]2N(C(N)=O)C2CC2c2cccc(C)n2)c(F)c1. The maximum absolute atomic E-state index is 15.0. The van der Waals surface area contributed by atoms with Gasteiger partial charge in [-0.3, -0.25) is 9.78 Å². The summed E-state index contributed by atoms with van der Waals surface area (Å²) in [7, 11) is 1.22. The Morgan fingerprint density at radius 2 is 1.89 bits per heavy atom. The first-order chi connectivity index (χ1) is 16.9. The molecule has 4 rings (SSSR count). The number of carbonyl (C=O) groups is 2. The minimum atomic E-state index is -4.55. The molecule has 12 heteroatoms. The van der Waals surface area contributed by atoms with E-state index in [4.69, 9.17) is 10.5 Å². The Morgan fingerprint density at radius 3 is 2.44 bits per heavy atom. The standard InChI is InChI=1S/C24H25F5N4O3/c1-12-4-3-5-18(31-12)14-10-19(14)33(23(30)35)21-15(11-32(22(21)34)7-6-24(27,28)29)20-16(25)8-13(36-2)9-17(20)26/h3-5,8-9,14-15,19,21H,6-7,10-11H2,1-2H3,(H2,30,35)/t14?,15-,19?,21-/m0/s1. The molecule has 2 fully saturated rings. The van der Waals surface area contributed by atoms with Crippen molar-refractivity contribution in [2.75, 3.05) is 20.2 Å². The largest absolute Gasteiger partial charge is 0.497 e. The Balaban J connectivity index is 1.72. The van der Waals surface area contributed by atoms with E-state index in [1.54, 1.807) is 25.1 Å². The molecule has 2 aliphatic rings. The van der Waals surface area contributed by atoms with Crippen molar-refractivity contribution in [3.05, 3.63) is 58.9 Å². The molecule has 2 N–H and O–H groups in total. The number of hydrogen-bond donors (Lipinski definition) is 1. The van der Waals surface area contributed by atoms with Crippen LogP contribution in [0.4, 0.5) is 26.7 Å². The van der Waals surface area contributed by atoms with Gasteiger partial charge in [0.15, 0.2) is 0 Å². The van der Waals surface area contributed by atoms with Crippen LogP contribution in [-0.4, -0.2) is 65.2 Å². The molecule has 194 valence electrons. The molecule has 1 aliphatic carbocycles. The van der Waals surface area contributed by atoms with Crippen LogP contribution in [0.5, 0.6) is 5.75 Å². The van der Waals surface area contributed by atoms with Crippen LogP contribution >= 0.6 is 0 Å². The lowest BCUT2D eigenvalue weighted by atomic mass is 9.91. The highest BCUT2D eigenvalue weighted by Crippen LogP contribution is 2.48. The highest BCUT2D eigenvalue weighted by molar-refractivity contribution is 5.90. The number of benzene rings is 1. The van der Waals surface area contributed by atoms with Crippen LogP contribution in [0, 0.1) is 18.6 Å². The number of pyridine rings is 1. The van der Waals surface area contributed by atoms with Gasteiger partial charge >= 0.3 is 12.2 Å². The fraction of sp³-hybridized carbons (Fsp3) is 0.458. The van der Waals surface area contributed by atoms with E-state index in [-0.39, 0.29) is 11.7 Å². The van der Waals surface area contributed by atoms with E-state index in [2.05, 4.69) is 4.98 Å². The molecule has 36 heavy (non-hydrogen) atoms. The number of aryl methyl sites for hydroxylation is 1. The summed E-state index contributed by atoms with van der Waals surface area (Å²) in [6, 6.07) is 4.08. The number of hydrogen-bond acceptors (Lipinski definition) is 4. The number of carbonyl (C=O) groups excluding carboxylic acids is 2. The molecule has 0 radical (unpaired) electrons. The fourth-order valence-electron chi connectivity index (χ4n) is 4.93. The lowest BCUT2D eigenvalue weighted by Gasteiger charge is -2.30. The first-order valence-electron chi connectivity index (χ1n) is 11.3. The van der Waals surface area contributed by atoms with Crippen molar-refractivity contribution in [2.45, 2.75) is 49.9 Å². The van der Waals surface area contributed by atoms with E-state index < -0.39 is 72.8 Å². The molecular formula is C24H25F5N4O3. The first-order valence-corrected chi connectivity index (χ1v) is 11.3. The third-order valence-electron chi connectivity index (χ3n) is 6.65. The number of methoxy groups -OCH3 is 1. The monoisotopic (exact) mass is 512 g/mol. The zero-order valence-electron chi connectivity index (χ0n) is 19.6. The molecule has 2 unspecified atom stereocenters. The van der Waals surface area contributed by atoms with Crippen LogP contribution in [0.1, 0.15) is 41.6 Å². The minimum absolute atomic E-state index is 0.108. The minimum Gasteiger partial charge on any atom is -0.497 e. The molecule has 1 aromatic carbocycles. The van der Waals surface area contributed by atoms with Crippen LogP contribution in [0.15, 0.2) is 30.3 Å². The molecule has 1 saturated heterocycles. The van der Waals surface area contributed by atoms with Crippen LogP contribution < -0.4 is 10.5 Å². The number of urea groups is 1. The van der Waals surface area contributed by atoms with E-state index in [1.165, 1.54) is 7.11 Å². The third-order valence-corrected chi connectivity index (χ3v) is 6.65. The van der Waals surface area contributed by atoms with E-state index in [0.717, 1.165) is 27.6 Å². The van der Waals surface area contributed by atoms with Crippen LogP contribution in [-0.2, 0) is 4.79 Å². The number of ether oxygens (including phenoxy) is 1. The molecule has 1 aromatic heterocycles. The predicted octanol–water partition coefficient (Wildman–Crippen LogP) is 3.86. The molecule has 4 atom stereocenters. The second-order valence-corrected chi connectivity index (χ2v) is 9.06. The van der Waals surface area contributed by atoms with Crippen molar-refractivity contribution in [3.8, 4) is 5.75 Å². The van der Waals surface area contributed by atoms with Gasteiger partial charge in [0, 0.05) is 60.1 Å². The molecule has 7 nitrogen and oxygen atoms in total. The number of alkyl halides is 3. The number of aromatic nitrogens is 1. The summed E-state index contributed by atoms with van der Waals surface area (Å²) < 4.78 is 73.7. The van der Waals surface area contributed by atoms with Crippen LogP contribution in [0.2, 0.25) is 0 Å². The van der Waals surface area contributed by atoms with Crippen LogP contribution in [0.25, 0.3) is 0 Å².